The summed E-state index contributed by atoms with van der Waals surface area (Å²) in [7, 11) is 0. The fourth-order valence-electron chi connectivity index (χ4n) is 10.3. The fraction of sp³-hybridized carbons (Fsp3) is 0.0169. The van der Waals surface area contributed by atoms with Crippen molar-refractivity contribution in [3.05, 3.63) is 240 Å². The van der Waals surface area contributed by atoms with Gasteiger partial charge in [-0.1, -0.05) is 182 Å². The summed E-state index contributed by atoms with van der Waals surface area (Å²) in [5.41, 5.74) is 18.2. The zero-order valence-electron chi connectivity index (χ0n) is 34.3. The van der Waals surface area contributed by atoms with Crippen molar-refractivity contribution in [2.45, 2.75) is 5.41 Å². The number of aromatic nitrogens is 3. The first-order chi connectivity index (χ1) is 31.7. The predicted octanol–water partition coefficient (Wildman–Crippen LogP) is 15.5. The van der Waals surface area contributed by atoms with Crippen molar-refractivity contribution >= 4 is 37.2 Å². The van der Waals surface area contributed by atoms with Crippen LogP contribution in [-0.4, -0.2) is 15.0 Å². The Hall–Kier alpha value is -8.30. The van der Waals surface area contributed by atoms with Gasteiger partial charge in [-0.15, -0.1) is 11.3 Å². The molecule has 11 aromatic rings. The maximum absolute atomic E-state index is 7.59. The summed E-state index contributed by atoms with van der Waals surface area (Å²) < 4.78 is 2.22. The average Bonchev–Trinajstić information content (AvgIpc) is 4.00. The van der Waals surface area contributed by atoms with Crippen molar-refractivity contribution in [2.24, 2.45) is 0 Å². The minimum Gasteiger partial charge on any atom is -0.238 e. The van der Waals surface area contributed by atoms with Crippen LogP contribution in [0.5, 0.6) is 0 Å². The Morgan fingerprint density at radius 3 is 1.55 bits per heavy atom. The SMILES string of the molecule is [C-]#[N+]c1ccc2sc3c(-c4nc(-c5ccccc5)nc(-c5cccc(-c6ccc(-c7ccc8c(c7)C7(c9ccccc9-c9ccccc97)c7ccccc7-8)cc6)c5)n4)cccc3c2c1. The van der Waals surface area contributed by atoms with E-state index in [2.05, 4.69) is 163 Å². The average molecular weight is 831 g/mol. The van der Waals surface area contributed by atoms with Gasteiger partial charge in [-0.05, 0) is 102 Å². The number of rotatable bonds is 5. The third-order valence-electron chi connectivity index (χ3n) is 13.2. The van der Waals surface area contributed by atoms with Gasteiger partial charge in [0, 0.05) is 26.1 Å². The number of thiophene rings is 1. The Morgan fingerprint density at radius 1 is 0.359 bits per heavy atom. The minimum absolute atomic E-state index is 0.377. The molecule has 0 unspecified atom stereocenters. The van der Waals surface area contributed by atoms with E-state index in [0.29, 0.717) is 23.2 Å². The number of benzene rings is 9. The van der Waals surface area contributed by atoms with Gasteiger partial charge in [-0.2, -0.15) is 0 Å². The van der Waals surface area contributed by atoms with Gasteiger partial charge in [0.1, 0.15) is 0 Å². The normalized spacial score (nSPS) is 12.8. The number of hydrogen-bond acceptors (Lipinski definition) is 4. The van der Waals surface area contributed by atoms with Crippen LogP contribution in [-0.2, 0) is 5.41 Å². The maximum atomic E-state index is 7.59. The maximum Gasteiger partial charge on any atom is 0.187 e. The van der Waals surface area contributed by atoms with E-state index in [1.165, 1.54) is 55.6 Å². The Kier molecular flexibility index (Phi) is 8.02. The van der Waals surface area contributed by atoms with Crippen molar-refractivity contribution in [1.82, 2.24) is 15.0 Å². The highest BCUT2D eigenvalue weighted by atomic mass is 32.1. The molecule has 2 heterocycles. The standard InChI is InChI=1S/C59H34N4S/c1-60-42-30-32-54-49(35-42)47-20-12-21-48(55(47)64-54)58-62-56(38-13-3-2-4-14-38)61-57(63-58)41-16-11-15-39(33-41)36-25-27-37(28-26-36)40-29-31-46-45-19-7-10-24-52(45)59(53(46)34-40)50-22-8-5-17-43(50)44-18-6-9-23-51(44)59/h2-35H. The zero-order chi connectivity index (χ0) is 42.4. The largest absolute Gasteiger partial charge is 0.238 e. The molecule has 0 aliphatic heterocycles. The minimum atomic E-state index is -0.377. The topological polar surface area (TPSA) is 43.0 Å². The molecular formula is C59H34N4S. The number of hydrogen-bond donors (Lipinski definition) is 0. The van der Waals surface area contributed by atoms with Gasteiger partial charge in [0.15, 0.2) is 23.2 Å². The highest BCUT2D eigenvalue weighted by Gasteiger charge is 2.51. The summed E-state index contributed by atoms with van der Waals surface area (Å²) in [5, 5.41) is 2.16. The lowest BCUT2D eigenvalue weighted by atomic mass is 9.70. The van der Waals surface area contributed by atoms with E-state index in [1.807, 2.05) is 48.5 Å². The van der Waals surface area contributed by atoms with Gasteiger partial charge in [0.25, 0.3) is 0 Å². The van der Waals surface area contributed by atoms with E-state index < -0.39 is 0 Å². The lowest BCUT2D eigenvalue weighted by Gasteiger charge is -2.30. The molecule has 0 radical (unpaired) electrons. The Balaban J connectivity index is 0.890. The van der Waals surface area contributed by atoms with Crippen molar-refractivity contribution in [2.75, 3.05) is 0 Å². The van der Waals surface area contributed by atoms with E-state index >= 15 is 0 Å². The molecule has 2 aromatic heterocycles. The van der Waals surface area contributed by atoms with Crippen LogP contribution >= 0.6 is 11.3 Å². The van der Waals surface area contributed by atoms with Crippen LogP contribution in [0.2, 0.25) is 0 Å². The Labute approximate surface area is 374 Å². The lowest BCUT2D eigenvalue weighted by molar-refractivity contribution is 0.794. The molecule has 9 aromatic carbocycles. The monoisotopic (exact) mass is 830 g/mol. The molecule has 0 atom stereocenters. The lowest BCUT2D eigenvalue weighted by Crippen LogP contribution is -2.25. The molecule has 2 aliphatic carbocycles. The Morgan fingerprint density at radius 2 is 0.875 bits per heavy atom. The smallest absolute Gasteiger partial charge is 0.187 e. The van der Waals surface area contributed by atoms with Gasteiger partial charge >= 0.3 is 0 Å². The quantitative estimate of drug-likeness (QED) is 0.162. The van der Waals surface area contributed by atoms with Crippen LogP contribution in [0.25, 0.3) is 104 Å². The van der Waals surface area contributed by atoms with Crippen LogP contribution in [0.15, 0.2) is 206 Å². The predicted molar refractivity (Wildman–Crippen MR) is 262 cm³/mol. The summed E-state index contributed by atoms with van der Waals surface area (Å²) in [6.07, 6.45) is 0. The first kappa shape index (κ1) is 36.4. The molecule has 64 heavy (non-hydrogen) atoms. The van der Waals surface area contributed by atoms with Crippen molar-refractivity contribution in [1.29, 1.82) is 0 Å². The van der Waals surface area contributed by atoms with Crippen LogP contribution in [0, 0.1) is 6.57 Å². The highest BCUT2D eigenvalue weighted by Crippen LogP contribution is 2.63. The number of fused-ring (bicyclic) bond motifs is 13. The molecule has 296 valence electrons. The van der Waals surface area contributed by atoms with Crippen molar-refractivity contribution in [3.8, 4) is 78.7 Å². The molecule has 1 spiro atoms. The van der Waals surface area contributed by atoms with Crippen LogP contribution in [0.3, 0.4) is 0 Å². The van der Waals surface area contributed by atoms with Crippen molar-refractivity contribution in [3.63, 3.8) is 0 Å². The number of nitrogens with zero attached hydrogens (tertiary/aromatic N) is 4. The first-order valence-corrected chi connectivity index (χ1v) is 22.3. The van der Waals surface area contributed by atoms with Crippen molar-refractivity contribution < 1.29 is 0 Å². The molecule has 13 rings (SSSR count). The molecule has 0 saturated carbocycles. The third kappa shape index (κ3) is 5.37. The highest BCUT2D eigenvalue weighted by molar-refractivity contribution is 7.26. The molecule has 2 aliphatic rings. The van der Waals surface area contributed by atoms with Gasteiger partial charge < -0.3 is 0 Å². The second-order valence-corrected chi connectivity index (χ2v) is 17.6. The van der Waals surface area contributed by atoms with E-state index in [9.17, 15) is 0 Å². The fourth-order valence-corrected chi connectivity index (χ4v) is 11.5. The molecule has 0 amide bonds. The molecule has 4 nitrogen and oxygen atoms in total. The van der Waals surface area contributed by atoms with E-state index in [0.717, 1.165) is 48.0 Å². The van der Waals surface area contributed by atoms with E-state index in [4.69, 9.17) is 21.5 Å². The van der Waals surface area contributed by atoms with E-state index in [-0.39, 0.29) is 5.41 Å². The van der Waals surface area contributed by atoms with E-state index in [1.54, 1.807) is 11.3 Å². The summed E-state index contributed by atoms with van der Waals surface area (Å²) in [5.74, 6) is 1.84. The van der Waals surface area contributed by atoms with Crippen LogP contribution in [0.1, 0.15) is 22.3 Å². The summed E-state index contributed by atoms with van der Waals surface area (Å²) >= 11 is 1.70. The van der Waals surface area contributed by atoms with Gasteiger partial charge in [-0.25, -0.2) is 19.8 Å². The van der Waals surface area contributed by atoms with Crippen LogP contribution in [0.4, 0.5) is 5.69 Å². The van der Waals surface area contributed by atoms with Gasteiger partial charge in [-0.3, -0.25) is 0 Å². The summed E-state index contributed by atoms with van der Waals surface area (Å²) in [4.78, 5) is 19.0. The molecule has 0 N–H and O–H groups in total. The molecule has 0 fully saturated rings. The Bertz CT molecular complexity index is 3680. The second kappa shape index (κ2) is 14.1. The third-order valence-corrected chi connectivity index (χ3v) is 14.4. The molecule has 0 bridgehead atoms. The molecule has 5 heteroatoms. The first-order valence-electron chi connectivity index (χ1n) is 21.5. The van der Waals surface area contributed by atoms with Crippen LogP contribution < -0.4 is 0 Å². The zero-order valence-corrected chi connectivity index (χ0v) is 35.1. The van der Waals surface area contributed by atoms with Gasteiger partial charge in [0.2, 0.25) is 0 Å². The second-order valence-electron chi connectivity index (χ2n) is 16.6. The van der Waals surface area contributed by atoms with Gasteiger partial charge in [0.05, 0.1) is 12.0 Å². The molecular weight excluding hydrogens is 797 g/mol. The molecule has 0 saturated heterocycles. The summed E-state index contributed by atoms with van der Waals surface area (Å²) in [6, 6.07) is 73.7. The summed E-state index contributed by atoms with van der Waals surface area (Å²) in [6.45, 7) is 7.59.